The van der Waals surface area contributed by atoms with Gasteiger partial charge in [-0.3, -0.25) is 14.9 Å². The quantitative estimate of drug-likeness (QED) is 0.678. The van der Waals surface area contributed by atoms with Crippen LogP contribution in [0.25, 0.3) is 0 Å². The summed E-state index contributed by atoms with van der Waals surface area (Å²) in [6.07, 6.45) is 6.79. The maximum absolute atomic E-state index is 13.4. The highest BCUT2D eigenvalue weighted by Gasteiger charge is 2.39. The number of benzene rings is 1. The standard InChI is InChI=1S/C17H21FN2O4/c18-12-4-5-15(20(22)23)14(10-12)16(21)19-13-6-9-24-17(11-13)7-2-1-3-8-17/h4-5,10,13H,1-3,6-9,11H2,(H,19,21)/t13-/m0/s1. The molecule has 1 heterocycles. The first-order valence-electron chi connectivity index (χ1n) is 8.38. The lowest BCUT2D eigenvalue weighted by atomic mass is 9.78. The highest BCUT2D eigenvalue weighted by Crippen LogP contribution is 2.38. The molecule has 1 aromatic carbocycles. The molecule has 0 radical (unpaired) electrons. The summed E-state index contributed by atoms with van der Waals surface area (Å²) in [4.78, 5) is 22.8. The molecule has 1 atom stereocenters. The van der Waals surface area contributed by atoms with Crippen LogP contribution in [0.2, 0.25) is 0 Å². The number of carbonyl (C=O) groups is 1. The number of nitrogens with zero attached hydrogens (tertiary/aromatic N) is 1. The van der Waals surface area contributed by atoms with E-state index >= 15 is 0 Å². The third kappa shape index (κ3) is 3.56. The maximum Gasteiger partial charge on any atom is 0.282 e. The summed E-state index contributed by atoms with van der Waals surface area (Å²) in [7, 11) is 0. The van der Waals surface area contributed by atoms with Crippen molar-refractivity contribution in [2.24, 2.45) is 0 Å². The first-order valence-corrected chi connectivity index (χ1v) is 8.38. The second-order valence-corrected chi connectivity index (χ2v) is 6.67. The third-order valence-corrected chi connectivity index (χ3v) is 4.99. The molecule has 0 aromatic heterocycles. The Kier molecular flexibility index (Phi) is 4.80. The van der Waals surface area contributed by atoms with Crippen LogP contribution in [0, 0.1) is 15.9 Å². The lowest BCUT2D eigenvalue weighted by Crippen LogP contribution is -2.49. The van der Waals surface area contributed by atoms with Gasteiger partial charge in [-0.2, -0.15) is 0 Å². The number of amides is 1. The van der Waals surface area contributed by atoms with Gasteiger partial charge in [0, 0.05) is 18.7 Å². The van der Waals surface area contributed by atoms with Crippen LogP contribution in [0.5, 0.6) is 0 Å². The Morgan fingerprint density at radius 2 is 2.08 bits per heavy atom. The van der Waals surface area contributed by atoms with Crippen LogP contribution in [-0.2, 0) is 4.74 Å². The number of hydrogen-bond acceptors (Lipinski definition) is 4. The van der Waals surface area contributed by atoms with Crippen molar-refractivity contribution in [3.63, 3.8) is 0 Å². The monoisotopic (exact) mass is 336 g/mol. The molecule has 1 aromatic rings. The van der Waals surface area contributed by atoms with Gasteiger partial charge in [-0.25, -0.2) is 4.39 Å². The second-order valence-electron chi connectivity index (χ2n) is 6.67. The minimum absolute atomic E-state index is 0.104. The summed E-state index contributed by atoms with van der Waals surface area (Å²) >= 11 is 0. The van der Waals surface area contributed by atoms with Crippen LogP contribution in [0.15, 0.2) is 18.2 Å². The van der Waals surface area contributed by atoms with Crippen molar-refractivity contribution in [2.75, 3.05) is 6.61 Å². The zero-order valence-corrected chi connectivity index (χ0v) is 13.4. The number of carbonyl (C=O) groups excluding carboxylic acids is 1. The average Bonchev–Trinajstić information content (AvgIpc) is 2.55. The molecule has 1 saturated heterocycles. The van der Waals surface area contributed by atoms with Crippen molar-refractivity contribution in [3.8, 4) is 0 Å². The van der Waals surface area contributed by atoms with Gasteiger partial charge in [0.1, 0.15) is 11.4 Å². The fourth-order valence-corrected chi connectivity index (χ4v) is 3.81. The smallest absolute Gasteiger partial charge is 0.282 e. The lowest BCUT2D eigenvalue weighted by Gasteiger charge is -2.43. The fourth-order valence-electron chi connectivity index (χ4n) is 3.81. The maximum atomic E-state index is 13.4. The number of nitro groups is 1. The van der Waals surface area contributed by atoms with Gasteiger partial charge in [0.25, 0.3) is 11.6 Å². The molecule has 1 aliphatic carbocycles. The van der Waals surface area contributed by atoms with Crippen molar-refractivity contribution in [1.29, 1.82) is 0 Å². The van der Waals surface area contributed by atoms with E-state index in [1.807, 2.05) is 0 Å². The van der Waals surface area contributed by atoms with E-state index in [-0.39, 0.29) is 22.9 Å². The topological polar surface area (TPSA) is 81.5 Å². The highest BCUT2D eigenvalue weighted by atomic mass is 19.1. The van der Waals surface area contributed by atoms with E-state index in [4.69, 9.17) is 4.74 Å². The van der Waals surface area contributed by atoms with Crippen molar-refractivity contribution in [2.45, 2.75) is 56.6 Å². The minimum atomic E-state index is -0.666. The molecule has 1 spiro atoms. The first kappa shape index (κ1) is 16.8. The number of halogens is 1. The zero-order valence-electron chi connectivity index (χ0n) is 13.4. The molecule has 3 rings (SSSR count). The number of rotatable bonds is 3. The molecule has 1 amide bonds. The average molecular weight is 336 g/mol. The number of ether oxygens (including phenoxy) is 1. The number of nitrogens with one attached hydrogen (secondary N) is 1. The molecule has 6 nitrogen and oxygen atoms in total. The molecule has 2 fully saturated rings. The van der Waals surface area contributed by atoms with Crippen LogP contribution < -0.4 is 5.32 Å². The minimum Gasteiger partial charge on any atom is -0.375 e. The van der Waals surface area contributed by atoms with Gasteiger partial charge in [0.15, 0.2) is 0 Å². The third-order valence-electron chi connectivity index (χ3n) is 4.99. The van der Waals surface area contributed by atoms with Crippen LogP contribution >= 0.6 is 0 Å². The Morgan fingerprint density at radius 1 is 1.33 bits per heavy atom. The zero-order chi connectivity index (χ0) is 17.2. The van der Waals surface area contributed by atoms with Gasteiger partial charge < -0.3 is 10.1 Å². The van der Waals surface area contributed by atoms with Crippen LogP contribution in [0.3, 0.4) is 0 Å². The highest BCUT2D eigenvalue weighted by molar-refractivity contribution is 5.98. The van der Waals surface area contributed by atoms with Crippen LogP contribution in [0.4, 0.5) is 10.1 Å². The predicted octanol–water partition coefficient (Wildman–Crippen LogP) is 3.35. The number of hydrogen-bond donors (Lipinski definition) is 1. The SMILES string of the molecule is O=C(N[C@H]1CCOC2(CCCCC2)C1)c1cc(F)ccc1[N+](=O)[O-]. The molecule has 1 N–H and O–H groups in total. The molecule has 1 aliphatic heterocycles. The Labute approximate surface area is 139 Å². The van der Waals surface area contributed by atoms with Gasteiger partial charge in [-0.05, 0) is 37.8 Å². The van der Waals surface area contributed by atoms with Crippen LogP contribution in [-0.4, -0.2) is 29.1 Å². The molecule has 24 heavy (non-hydrogen) atoms. The summed E-state index contributed by atoms with van der Waals surface area (Å²) in [5.74, 6) is -1.26. The van der Waals surface area contributed by atoms with Crippen molar-refractivity contribution < 1.29 is 18.8 Å². The summed E-state index contributed by atoms with van der Waals surface area (Å²) in [6, 6.07) is 2.83. The predicted molar refractivity (Wildman–Crippen MR) is 85.3 cm³/mol. The van der Waals surface area contributed by atoms with E-state index in [1.165, 1.54) is 6.42 Å². The van der Waals surface area contributed by atoms with E-state index < -0.39 is 16.6 Å². The molecule has 0 unspecified atom stereocenters. The summed E-state index contributed by atoms with van der Waals surface area (Å²) in [6.45, 7) is 0.566. The first-order chi connectivity index (χ1) is 11.5. The summed E-state index contributed by atoms with van der Waals surface area (Å²) in [5, 5.41) is 13.9. The Morgan fingerprint density at radius 3 is 2.79 bits per heavy atom. The van der Waals surface area contributed by atoms with E-state index in [0.29, 0.717) is 19.4 Å². The molecular weight excluding hydrogens is 315 g/mol. The van der Waals surface area contributed by atoms with Crippen molar-refractivity contribution in [1.82, 2.24) is 5.32 Å². The van der Waals surface area contributed by atoms with E-state index in [1.54, 1.807) is 0 Å². The van der Waals surface area contributed by atoms with E-state index in [2.05, 4.69) is 5.32 Å². The lowest BCUT2D eigenvalue weighted by molar-refractivity contribution is -0.385. The molecule has 0 bridgehead atoms. The van der Waals surface area contributed by atoms with Gasteiger partial charge in [0.2, 0.25) is 0 Å². The summed E-state index contributed by atoms with van der Waals surface area (Å²) < 4.78 is 19.4. The van der Waals surface area contributed by atoms with Crippen molar-refractivity contribution >= 4 is 11.6 Å². The van der Waals surface area contributed by atoms with Crippen LogP contribution in [0.1, 0.15) is 55.3 Å². The Balaban J connectivity index is 1.73. The molecule has 130 valence electrons. The fraction of sp³-hybridized carbons (Fsp3) is 0.588. The number of nitro benzene ring substituents is 1. The second kappa shape index (κ2) is 6.84. The van der Waals surface area contributed by atoms with E-state index in [9.17, 15) is 19.3 Å². The molecular formula is C17H21FN2O4. The van der Waals surface area contributed by atoms with Gasteiger partial charge >= 0.3 is 0 Å². The van der Waals surface area contributed by atoms with Gasteiger partial charge in [-0.1, -0.05) is 19.3 Å². The van der Waals surface area contributed by atoms with Gasteiger partial charge in [0.05, 0.1) is 10.5 Å². The van der Waals surface area contributed by atoms with Crippen molar-refractivity contribution in [3.05, 3.63) is 39.7 Å². The Hall–Kier alpha value is -2.02. The summed E-state index contributed by atoms with van der Waals surface area (Å²) in [5.41, 5.74) is -0.792. The molecule has 2 aliphatic rings. The van der Waals surface area contributed by atoms with Gasteiger partial charge in [-0.15, -0.1) is 0 Å². The Bertz CT molecular complexity index is 638. The molecule has 7 heteroatoms. The normalized spacial score (nSPS) is 23.0. The molecule has 1 saturated carbocycles. The van der Waals surface area contributed by atoms with E-state index in [0.717, 1.165) is 43.9 Å². The largest absolute Gasteiger partial charge is 0.375 e.